The number of hydrogen-bond donors (Lipinski definition) is 2. The van der Waals surface area contributed by atoms with Crippen molar-refractivity contribution < 1.29 is 39.9 Å². The Morgan fingerprint density at radius 2 is 1.79 bits per heavy atom. The Morgan fingerprint density at radius 1 is 1.21 bits per heavy atom. The van der Waals surface area contributed by atoms with Gasteiger partial charge in [0, 0.05) is 30.4 Å². The molecule has 0 aromatic heterocycles. The highest BCUT2D eigenvalue weighted by molar-refractivity contribution is 7.89. The van der Waals surface area contributed by atoms with Crippen LogP contribution >= 0.6 is 0 Å². The minimum absolute atomic E-state index is 0.0335. The lowest BCUT2D eigenvalue weighted by atomic mass is 10.1. The largest absolute Gasteiger partial charge is 0.511 e. The summed E-state index contributed by atoms with van der Waals surface area (Å²) in [7, 11) is -5.78. The molecule has 0 amide bonds. The van der Waals surface area contributed by atoms with E-state index in [2.05, 4.69) is 18.5 Å². The lowest BCUT2D eigenvalue weighted by Crippen LogP contribution is -2.44. The molecule has 2 N–H and O–H groups in total. The quantitative estimate of drug-likeness (QED) is 0.545. The number of aromatic hydroxyl groups is 1. The number of anilines is 1. The summed E-state index contributed by atoms with van der Waals surface area (Å²) in [6.07, 6.45) is -4.16. The van der Waals surface area contributed by atoms with E-state index in [9.17, 15) is 39.9 Å². The van der Waals surface area contributed by atoms with Crippen molar-refractivity contribution in [3.8, 4) is 5.75 Å². The van der Waals surface area contributed by atoms with Crippen LogP contribution in [0.4, 0.5) is 32.0 Å². The summed E-state index contributed by atoms with van der Waals surface area (Å²) in [6, 6.07) is 0.817. The number of rotatable bonds is 3. The van der Waals surface area contributed by atoms with Crippen LogP contribution in [0.1, 0.15) is 30.9 Å². The first-order valence-electron chi connectivity index (χ1n) is 8.04. The normalized spacial score (nSPS) is 18.3. The molecule has 0 saturated carbocycles. The monoisotopic (exact) mass is 434 g/mol. The molecule has 0 fully saturated rings. The Bertz CT molecular complexity index is 793. The molecule has 0 bridgehead atoms. The second kappa shape index (κ2) is 8.60. The third-order valence-electron chi connectivity index (χ3n) is 3.98. The predicted octanol–water partition coefficient (Wildman–Crippen LogP) is 4.46. The lowest BCUT2D eigenvalue weighted by molar-refractivity contribution is -0.138. The number of phenolic OH excluding ortho intramolecular Hbond substituents is 1. The number of alkyl halides is 6. The Labute approximate surface area is 158 Å². The highest BCUT2D eigenvalue weighted by Crippen LogP contribution is 2.42. The van der Waals surface area contributed by atoms with E-state index in [1.165, 1.54) is 0 Å². The second-order valence-corrected chi connectivity index (χ2v) is 7.79. The van der Waals surface area contributed by atoms with Crippen LogP contribution in [0.2, 0.25) is 0 Å². The lowest BCUT2D eigenvalue weighted by Gasteiger charge is -2.25. The number of nitrogens with zero attached hydrogens (tertiary/aromatic N) is 1. The summed E-state index contributed by atoms with van der Waals surface area (Å²) >= 11 is 0. The highest BCUT2D eigenvalue weighted by Gasteiger charge is 2.51. The van der Waals surface area contributed by atoms with Crippen LogP contribution in [-0.4, -0.2) is 35.9 Å². The number of benzene rings is 1. The van der Waals surface area contributed by atoms with Crippen LogP contribution in [0, 0.1) is 0 Å². The maximum absolute atomic E-state index is 12.9. The molecule has 5 nitrogen and oxygen atoms in total. The van der Waals surface area contributed by atoms with Crippen molar-refractivity contribution in [3.05, 3.63) is 36.4 Å². The van der Waals surface area contributed by atoms with Gasteiger partial charge in [0.25, 0.3) is 0 Å². The maximum atomic E-state index is 12.9. The fraction of sp³-hybridized carbons (Fsp3) is 0.500. The molecule has 160 valence electrons. The van der Waals surface area contributed by atoms with Gasteiger partial charge in [-0.2, -0.15) is 30.6 Å². The van der Waals surface area contributed by atoms with Crippen LogP contribution in [0.25, 0.3) is 0 Å². The van der Waals surface area contributed by atoms with Crippen molar-refractivity contribution in [1.82, 2.24) is 4.31 Å². The predicted molar refractivity (Wildman–Crippen MR) is 92.1 cm³/mol. The SMILES string of the molecule is C=C.CCCC1CN(S(=O)(=O)C(F)(F)F)Cc2c(ccc(C(F)(F)F)c2O)N1. The number of halogens is 6. The van der Waals surface area contributed by atoms with Crippen molar-refractivity contribution in [2.45, 2.75) is 44.0 Å². The fourth-order valence-electron chi connectivity index (χ4n) is 2.75. The number of sulfonamides is 1. The molecule has 1 aliphatic rings. The molecule has 1 heterocycles. The van der Waals surface area contributed by atoms with Crippen molar-refractivity contribution >= 4 is 15.7 Å². The molecule has 0 spiro atoms. The maximum Gasteiger partial charge on any atom is 0.511 e. The van der Waals surface area contributed by atoms with E-state index < -0.39 is 57.7 Å². The first-order valence-corrected chi connectivity index (χ1v) is 9.48. The molecule has 1 aliphatic heterocycles. The molecule has 1 atom stereocenters. The first-order chi connectivity index (χ1) is 12.8. The van der Waals surface area contributed by atoms with Crippen molar-refractivity contribution in [1.29, 1.82) is 0 Å². The molecule has 0 radical (unpaired) electrons. The summed E-state index contributed by atoms with van der Waals surface area (Å²) in [5.41, 5.74) is -7.64. The van der Waals surface area contributed by atoms with Gasteiger partial charge >= 0.3 is 21.7 Å². The molecular weight excluding hydrogens is 414 g/mol. The molecular formula is C16H20F6N2O3S. The topological polar surface area (TPSA) is 69.6 Å². The Morgan fingerprint density at radius 3 is 2.25 bits per heavy atom. The Kier molecular flexibility index (Phi) is 7.40. The number of fused-ring (bicyclic) bond motifs is 1. The Hall–Kier alpha value is -1.95. The molecule has 1 aromatic carbocycles. The summed E-state index contributed by atoms with van der Waals surface area (Å²) in [4.78, 5) is 0. The van der Waals surface area contributed by atoms with E-state index in [-0.39, 0.29) is 16.4 Å². The summed E-state index contributed by atoms with van der Waals surface area (Å²) in [5, 5.41) is 12.7. The molecule has 1 unspecified atom stereocenters. The van der Waals surface area contributed by atoms with Gasteiger partial charge in [-0.15, -0.1) is 13.2 Å². The van der Waals surface area contributed by atoms with Gasteiger partial charge < -0.3 is 10.4 Å². The zero-order valence-electron chi connectivity index (χ0n) is 14.9. The third-order valence-corrected chi connectivity index (χ3v) is 5.52. The molecule has 0 saturated heterocycles. The third kappa shape index (κ3) is 4.90. The number of phenols is 1. The summed E-state index contributed by atoms with van der Waals surface area (Å²) < 4.78 is 101. The van der Waals surface area contributed by atoms with E-state index in [0.29, 0.717) is 12.5 Å². The van der Waals surface area contributed by atoms with E-state index in [1.54, 1.807) is 6.92 Å². The zero-order valence-corrected chi connectivity index (χ0v) is 15.7. The summed E-state index contributed by atoms with van der Waals surface area (Å²) in [6.45, 7) is 6.10. The van der Waals surface area contributed by atoms with Crippen molar-refractivity contribution in [3.63, 3.8) is 0 Å². The molecule has 0 aliphatic carbocycles. The molecule has 1 aromatic rings. The molecule has 12 heteroatoms. The van der Waals surface area contributed by atoms with E-state index in [4.69, 9.17) is 0 Å². The average molecular weight is 434 g/mol. The average Bonchev–Trinajstić information content (AvgIpc) is 2.75. The van der Waals surface area contributed by atoms with Crippen LogP contribution in [0.5, 0.6) is 5.75 Å². The van der Waals surface area contributed by atoms with Crippen LogP contribution < -0.4 is 5.32 Å². The zero-order chi connectivity index (χ0) is 21.9. The van der Waals surface area contributed by atoms with Gasteiger partial charge in [-0.1, -0.05) is 13.3 Å². The standard InChI is InChI=1S/C14H16F6N2O3S.C2H4/c1-2-3-8-6-22(26(24,25)14(18,19)20)7-9-11(21-8)5-4-10(12(9)23)13(15,16)17;1-2/h4-5,8,21,23H,2-3,6-7H2,1H3;1-2H2. The van der Waals surface area contributed by atoms with Gasteiger partial charge in [0.05, 0.1) is 5.56 Å². The van der Waals surface area contributed by atoms with Crippen molar-refractivity contribution in [2.24, 2.45) is 0 Å². The Balaban J connectivity index is 0.00000190. The smallest absolute Gasteiger partial charge is 0.507 e. The van der Waals surface area contributed by atoms with Gasteiger partial charge in [-0.25, -0.2) is 8.42 Å². The van der Waals surface area contributed by atoms with E-state index >= 15 is 0 Å². The van der Waals surface area contributed by atoms with Gasteiger partial charge in [0.2, 0.25) is 0 Å². The van der Waals surface area contributed by atoms with Crippen LogP contribution in [0.15, 0.2) is 25.3 Å². The minimum atomic E-state index is -5.78. The highest BCUT2D eigenvalue weighted by atomic mass is 32.2. The number of nitrogens with one attached hydrogen (secondary N) is 1. The fourth-order valence-corrected chi connectivity index (χ4v) is 3.72. The van der Waals surface area contributed by atoms with E-state index in [1.807, 2.05) is 0 Å². The van der Waals surface area contributed by atoms with Gasteiger partial charge in [-0.3, -0.25) is 0 Å². The molecule has 2 rings (SSSR count). The summed E-state index contributed by atoms with van der Waals surface area (Å²) in [5.74, 6) is -1.29. The second-order valence-electron chi connectivity index (χ2n) is 5.86. The minimum Gasteiger partial charge on any atom is -0.507 e. The first kappa shape index (κ1) is 24.1. The van der Waals surface area contributed by atoms with Crippen LogP contribution in [-0.2, 0) is 22.7 Å². The van der Waals surface area contributed by atoms with Gasteiger partial charge in [-0.05, 0) is 18.6 Å². The van der Waals surface area contributed by atoms with Gasteiger partial charge in [0.15, 0.2) is 0 Å². The van der Waals surface area contributed by atoms with Gasteiger partial charge in [0.1, 0.15) is 5.75 Å². The number of hydrogen-bond acceptors (Lipinski definition) is 4. The van der Waals surface area contributed by atoms with Crippen molar-refractivity contribution in [2.75, 3.05) is 11.9 Å². The molecule has 28 heavy (non-hydrogen) atoms. The van der Waals surface area contributed by atoms with Crippen LogP contribution in [0.3, 0.4) is 0 Å². The van der Waals surface area contributed by atoms with E-state index in [0.717, 1.165) is 6.07 Å².